The fourth-order valence-corrected chi connectivity index (χ4v) is 3.68. The summed E-state index contributed by atoms with van der Waals surface area (Å²) in [6, 6.07) is 10.0. The Kier molecular flexibility index (Phi) is 6.25. The third-order valence-corrected chi connectivity index (χ3v) is 5.14. The number of halogens is 1. The van der Waals surface area contributed by atoms with E-state index < -0.39 is 0 Å². The lowest BCUT2D eigenvalue weighted by atomic mass is 9.97. The van der Waals surface area contributed by atoms with Crippen molar-refractivity contribution in [2.24, 2.45) is 5.73 Å². The first-order chi connectivity index (χ1) is 11.5. The summed E-state index contributed by atoms with van der Waals surface area (Å²) in [6.45, 7) is 4.49. The minimum absolute atomic E-state index is 0. The number of carbonyl (C=O) groups is 1. The molecule has 0 bridgehead atoms. The lowest BCUT2D eigenvalue weighted by molar-refractivity contribution is -0.122. The highest BCUT2D eigenvalue weighted by atomic mass is 35.5. The Labute approximate surface area is 155 Å². The molecular weight excluding hydrogens is 336 g/mol. The van der Waals surface area contributed by atoms with Crippen molar-refractivity contribution < 1.29 is 4.79 Å². The molecule has 1 fully saturated rings. The number of hydrogen-bond donors (Lipinski definition) is 2. The van der Waals surface area contributed by atoms with Gasteiger partial charge >= 0.3 is 0 Å². The smallest absolute Gasteiger partial charge is 0.225 e. The summed E-state index contributed by atoms with van der Waals surface area (Å²) in [5.74, 6) is 0.0427. The van der Waals surface area contributed by atoms with Crippen molar-refractivity contribution in [3.8, 4) is 5.69 Å². The second-order valence-corrected chi connectivity index (χ2v) is 6.81. The molecule has 3 N–H and O–H groups in total. The number of nitrogens with zero attached hydrogens (tertiary/aromatic N) is 2. The van der Waals surface area contributed by atoms with E-state index in [9.17, 15) is 4.79 Å². The van der Waals surface area contributed by atoms with E-state index in [1.807, 2.05) is 48.9 Å². The number of hydrogen-bond acceptors (Lipinski definition) is 3. The van der Waals surface area contributed by atoms with Gasteiger partial charge < -0.3 is 11.1 Å². The average molecular weight is 363 g/mol. The number of rotatable bonds is 5. The fourth-order valence-electron chi connectivity index (χ4n) is 3.68. The number of nitrogens with two attached hydrogens (primary N) is 1. The van der Waals surface area contributed by atoms with Crippen LogP contribution in [0.2, 0.25) is 0 Å². The van der Waals surface area contributed by atoms with Crippen molar-refractivity contribution >= 4 is 18.3 Å². The van der Waals surface area contributed by atoms with Crippen LogP contribution in [-0.4, -0.2) is 27.8 Å². The van der Waals surface area contributed by atoms with Gasteiger partial charge in [-0.1, -0.05) is 31.0 Å². The van der Waals surface area contributed by atoms with Gasteiger partial charge in [0.1, 0.15) is 0 Å². The Morgan fingerprint density at radius 2 is 1.88 bits per heavy atom. The van der Waals surface area contributed by atoms with Gasteiger partial charge in [-0.15, -0.1) is 12.4 Å². The summed E-state index contributed by atoms with van der Waals surface area (Å²) in [7, 11) is 0. The van der Waals surface area contributed by atoms with E-state index >= 15 is 0 Å². The van der Waals surface area contributed by atoms with Crippen molar-refractivity contribution in [2.45, 2.75) is 51.5 Å². The number of carbonyl (C=O) groups excluding carboxylic acids is 1. The summed E-state index contributed by atoms with van der Waals surface area (Å²) in [4.78, 5) is 12.6. The van der Waals surface area contributed by atoms with Gasteiger partial charge in [-0.2, -0.15) is 5.10 Å². The first-order valence-corrected chi connectivity index (χ1v) is 8.66. The molecule has 1 amide bonds. The van der Waals surface area contributed by atoms with Gasteiger partial charge in [0.05, 0.1) is 23.3 Å². The van der Waals surface area contributed by atoms with E-state index in [1.54, 1.807) is 0 Å². The standard InChI is InChI=1S/C19H26N4O.ClH/c1-14-17(12-18(24)21-19(13-20)10-6-7-11-19)15(2)23(22-14)16-8-4-3-5-9-16;/h3-5,8-9H,6-7,10-13,20H2,1-2H3,(H,21,24);1H. The van der Waals surface area contributed by atoms with Crippen LogP contribution in [0.15, 0.2) is 30.3 Å². The Bertz CT molecular complexity index is 721. The second-order valence-electron chi connectivity index (χ2n) is 6.81. The quantitative estimate of drug-likeness (QED) is 0.859. The van der Waals surface area contributed by atoms with Crippen LogP contribution in [0.25, 0.3) is 5.69 Å². The molecule has 3 rings (SSSR count). The van der Waals surface area contributed by atoms with Crippen molar-refractivity contribution in [2.75, 3.05) is 6.54 Å². The maximum atomic E-state index is 12.6. The third kappa shape index (κ3) is 4.05. The molecule has 25 heavy (non-hydrogen) atoms. The predicted molar refractivity (Wildman–Crippen MR) is 102 cm³/mol. The number of nitrogens with one attached hydrogen (secondary N) is 1. The maximum absolute atomic E-state index is 12.6. The highest BCUT2D eigenvalue weighted by Crippen LogP contribution is 2.29. The number of benzene rings is 1. The molecule has 0 aliphatic heterocycles. The minimum atomic E-state index is -0.200. The predicted octanol–water partition coefficient (Wildman–Crippen LogP) is 2.84. The van der Waals surface area contributed by atoms with Gasteiger partial charge in [-0.3, -0.25) is 4.79 Å². The SMILES string of the molecule is Cc1nn(-c2ccccc2)c(C)c1CC(=O)NC1(CN)CCCC1.Cl. The number of aryl methyl sites for hydroxylation is 1. The molecule has 0 radical (unpaired) electrons. The van der Waals surface area contributed by atoms with Crippen LogP contribution in [0.4, 0.5) is 0 Å². The van der Waals surface area contributed by atoms with Crippen molar-refractivity contribution in [1.82, 2.24) is 15.1 Å². The lowest BCUT2D eigenvalue weighted by Gasteiger charge is -2.28. The van der Waals surface area contributed by atoms with E-state index in [4.69, 9.17) is 5.73 Å². The summed E-state index contributed by atoms with van der Waals surface area (Å²) >= 11 is 0. The number of para-hydroxylation sites is 1. The van der Waals surface area contributed by atoms with Crippen LogP contribution in [-0.2, 0) is 11.2 Å². The molecule has 0 spiro atoms. The highest BCUT2D eigenvalue weighted by molar-refractivity contribution is 5.85. The second kappa shape index (κ2) is 8.02. The van der Waals surface area contributed by atoms with Crippen LogP contribution < -0.4 is 11.1 Å². The van der Waals surface area contributed by atoms with Gasteiger partial charge in [0.2, 0.25) is 5.91 Å². The molecule has 1 saturated carbocycles. The van der Waals surface area contributed by atoms with Gasteiger partial charge in [0, 0.05) is 17.8 Å². The zero-order valence-electron chi connectivity index (χ0n) is 14.9. The van der Waals surface area contributed by atoms with E-state index in [-0.39, 0.29) is 23.9 Å². The summed E-state index contributed by atoms with van der Waals surface area (Å²) < 4.78 is 1.91. The van der Waals surface area contributed by atoms with Crippen LogP contribution in [0, 0.1) is 13.8 Å². The van der Waals surface area contributed by atoms with Crippen LogP contribution in [0.3, 0.4) is 0 Å². The van der Waals surface area contributed by atoms with Crippen molar-refractivity contribution in [3.63, 3.8) is 0 Å². The van der Waals surface area contributed by atoms with Gasteiger partial charge in [0.25, 0.3) is 0 Å². The fraction of sp³-hybridized carbons (Fsp3) is 0.474. The molecule has 0 unspecified atom stereocenters. The summed E-state index contributed by atoms with van der Waals surface area (Å²) in [5, 5.41) is 7.81. The molecule has 2 aromatic rings. The van der Waals surface area contributed by atoms with Gasteiger partial charge in [-0.25, -0.2) is 4.68 Å². The zero-order valence-corrected chi connectivity index (χ0v) is 15.7. The molecule has 1 aromatic heterocycles. The van der Waals surface area contributed by atoms with Crippen LogP contribution in [0.5, 0.6) is 0 Å². The maximum Gasteiger partial charge on any atom is 0.225 e. The van der Waals surface area contributed by atoms with Crippen LogP contribution >= 0.6 is 12.4 Å². The van der Waals surface area contributed by atoms with E-state index in [0.717, 1.165) is 48.3 Å². The minimum Gasteiger partial charge on any atom is -0.349 e. The van der Waals surface area contributed by atoms with Crippen molar-refractivity contribution in [1.29, 1.82) is 0 Å². The molecule has 0 atom stereocenters. The largest absolute Gasteiger partial charge is 0.349 e. The molecule has 5 nitrogen and oxygen atoms in total. The van der Waals surface area contributed by atoms with Gasteiger partial charge in [-0.05, 0) is 38.8 Å². The topological polar surface area (TPSA) is 72.9 Å². The molecule has 1 aliphatic carbocycles. The van der Waals surface area contributed by atoms with E-state index in [2.05, 4.69) is 10.4 Å². The molecule has 0 saturated heterocycles. The monoisotopic (exact) mass is 362 g/mol. The van der Waals surface area contributed by atoms with Crippen molar-refractivity contribution in [3.05, 3.63) is 47.3 Å². The Morgan fingerprint density at radius 1 is 1.24 bits per heavy atom. The molecule has 1 aliphatic rings. The Hall–Kier alpha value is -1.85. The summed E-state index contributed by atoms with van der Waals surface area (Å²) in [5.41, 5.74) is 9.65. The zero-order chi connectivity index (χ0) is 17.2. The van der Waals surface area contributed by atoms with E-state index in [0.29, 0.717) is 13.0 Å². The normalized spacial score (nSPS) is 15.6. The number of aromatic nitrogens is 2. The van der Waals surface area contributed by atoms with Gasteiger partial charge in [0.15, 0.2) is 0 Å². The third-order valence-electron chi connectivity index (χ3n) is 5.14. The number of amides is 1. The average Bonchev–Trinajstić information content (AvgIpc) is 3.16. The van der Waals surface area contributed by atoms with Crippen LogP contribution in [0.1, 0.15) is 42.6 Å². The first-order valence-electron chi connectivity index (χ1n) is 8.66. The Morgan fingerprint density at radius 3 is 2.48 bits per heavy atom. The molecule has 1 aromatic carbocycles. The molecule has 6 heteroatoms. The highest BCUT2D eigenvalue weighted by Gasteiger charge is 2.34. The van der Waals surface area contributed by atoms with E-state index in [1.165, 1.54) is 0 Å². The Balaban J connectivity index is 0.00000225. The first kappa shape index (κ1) is 19.5. The molecule has 1 heterocycles. The molecular formula is C19H27ClN4O. The lowest BCUT2D eigenvalue weighted by Crippen LogP contribution is -2.52. The summed E-state index contributed by atoms with van der Waals surface area (Å²) in [6.07, 6.45) is 4.60. The molecule has 136 valence electrons.